The molecule has 0 saturated carbocycles. The van der Waals surface area contributed by atoms with Crippen LogP contribution in [0.15, 0.2) is 71.6 Å². The van der Waals surface area contributed by atoms with E-state index in [0.29, 0.717) is 47.7 Å². The minimum atomic E-state index is -3.67. The lowest BCUT2D eigenvalue weighted by Gasteiger charge is -2.35. The Morgan fingerprint density at radius 1 is 0.944 bits per heavy atom. The third kappa shape index (κ3) is 6.04. The number of nitrogens with zero attached hydrogens (tertiary/aromatic N) is 2. The number of rotatable bonds is 8. The van der Waals surface area contributed by atoms with Crippen molar-refractivity contribution in [2.75, 3.05) is 50.1 Å². The number of amides is 1. The second-order valence-electron chi connectivity index (χ2n) is 8.00. The van der Waals surface area contributed by atoms with Gasteiger partial charge in [-0.1, -0.05) is 35.3 Å². The highest BCUT2D eigenvalue weighted by Crippen LogP contribution is 2.30. The van der Waals surface area contributed by atoms with E-state index in [1.54, 1.807) is 31.4 Å². The van der Waals surface area contributed by atoms with Crippen molar-refractivity contribution in [2.45, 2.75) is 4.90 Å². The molecule has 1 aliphatic rings. The second-order valence-corrected chi connectivity index (χ2v) is 10.8. The molecule has 0 aliphatic carbocycles. The first-order valence-electron chi connectivity index (χ1n) is 11.1. The monoisotopic (exact) mass is 549 g/mol. The zero-order valence-corrected chi connectivity index (χ0v) is 21.8. The zero-order valence-electron chi connectivity index (χ0n) is 19.5. The van der Waals surface area contributed by atoms with Gasteiger partial charge < -0.3 is 19.7 Å². The number of hydrogen-bond donors (Lipinski definition) is 1. The summed E-state index contributed by atoms with van der Waals surface area (Å²) in [6.07, 6.45) is 0. The van der Waals surface area contributed by atoms with Crippen molar-refractivity contribution in [3.63, 3.8) is 0 Å². The molecule has 8 nitrogen and oxygen atoms in total. The number of benzene rings is 3. The van der Waals surface area contributed by atoms with E-state index in [9.17, 15) is 13.2 Å². The molecular weight excluding hydrogens is 525 g/mol. The second kappa shape index (κ2) is 11.4. The highest BCUT2D eigenvalue weighted by molar-refractivity contribution is 7.89. The number of hydrogen-bond acceptors (Lipinski definition) is 6. The molecule has 0 aromatic heterocycles. The fourth-order valence-electron chi connectivity index (χ4n) is 3.85. The van der Waals surface area contributed by atoms with Crippen LogP contribution in [0.4, 0.5) is 11.4 Å². The number of halogens is 2. The number of anilines is 2. The Morgan fingerprint density at radius 2 is 1.64 bits per heavy atom. The number of ether oxygens (including phenoxy) is 2. The van der Waals surface area contributed by atoms with Crippen molar-refractivity contribution in [3.8, 4) is 11.5 Å². The molecule has 0 bridgehead atoms. The van der Waals surface area contributed by atoms with Gasteiger partial charge >= 0.3 is 0 Å². The van der Waals surface area contributed by atoms with E-state index in [0.717, 1.165) is 11.4 Å². The van der Waals surface area contributed by atoms with Crippen LogP contribution in [0.25, 0.3) is 0 Å². The maximum absolute atomic E-state index is 13.2. The van der Waals surface area contributed by atoms with Gasteiger partial charge in [-0.3, -0.25) is 4.79 Å². The van der Waals surface area contributed by atoms with Crippen LogP contribution in [-0.2, 0) is 14.8 Å². The quantitative estimate of drug-likeness (QED) is 0.444. The van der Waals surface area contributed by atoms with Gasteiger partial charge in [-0.2, -0.15) is 4.31 Å². The maximum Gasteiger partial charge on any atom is 0.262 e. The van der Waals surface area contributed by atoms with Crippen molar-refractivity contribution in [3.05, 3.63) is 76.8 Å². The average Bonchev–Trinajstić information content (AvgIpc) is 2.88. The first-order chi connectivity index (χ1) is 17.3. The number of piperazine rings is 1. The van der Waals surface area contributed by atoms with E-state index in [-0.39, 0.29) is 11.5 Å². The molecule has 1 saturated heterocycles. The van der Waals surface area contributed by atoms with Gasteiger partial charge in [-0.25, -0.2) is 8.42 Å². The van der Waals surface area contributed by atoms with E-state index >= 15 is 0 Å². The van der Waals surface area contributed by atoms with Gasteiger partial charge in [0, 0.05) is 36.9 Å². The molecule has 4 rings (SSSR count). The molecule has 0 spiro atoms. The molecule has 3 aromatic rings. The molecule has 0 radical (unpaired) electrons. The Balaban J connectivity index is 1.33. The number of carbonyl (C=O) groups is 1. The number of nitrogens with one attached hydrogen (secondary N) is 1. The van der Waals surface area contributed by atoms with Gasteiger partial charge in [-0.05, 0) is 54.6 Å². The van der Waals surface area contributed by atoms with Crippen LogP contribution >= 0.6 is 23.2 Å². The Kier molecular flexibility index (Phi) is 8.25. The third-order valence-corrected chi connectivity index (χ3v) is 8.14. The normalized spacial score (nSPS) is 14.4. The Labute approximate surface area is 220 Å². The van der Waals surface area contributed by atoms with E-state index in [1.807, 2.05) is 24.3 Å². The molecule has 190 valence electrons. The summed E-state index contributed by atoms with van der Waals surface area (Å²) >= 11 is 11.9. The third-order valence-electron chi connectivity index (χ3n) is 5.69. The summed E-state index contributed by atoms with van der Waals surface area (Å²) in [5.41, 5.74) is 1.39. The van der Waals surface area contributed by atoms with Crippen LogP contribution in [0.3, 0.4) is 0 Å². The minimum Gasteiger partial charge on any atom is -0.495 e. The van der Waals surface area contributed by atoms with E-state index in [1.165, 1.54) is 22.5 Å². The van der Waals surface area contributed by atoms with Gasteiger partial charge in [0.15, 0.2) is 6.61 Å². The predicted molar refractivity (Wildman–Crippen MR) is 141 cm³/mol. The smallest absolute Gasteiger partial charge is 0.262 e. The first-order valence-corrected chi connectivity index (χ1v) is 13.3. The first kappa shape index (κ1) is 26.1. The lowest BCUT2D eigenvalue weighted by Crippen LogP contribution is -2.48. The van der Waals surface area contributed by atoms with Gasteiger partial charge in [0.25, 0.3) is 5.91 Å². The van der Waals surface area contributed by atoms with Gasteiger partial charge in [0.1, 0.15) is 11.5 Å². The molecule has 1 N–H and O–H groups in total. The van der Waals surface area contributed by atoms with Gasteiger partial charge in [0.2, 0.25) is 10.0 Å². The van der Waals surface area contributed by atoms with Gasteiger partial charge in [-0.15, -0.1) is 0 Å². The minimum absolute atomic E-state index is 0.162. The van der Waals surface area contributed by atoms with Crippen LogP contribution in [-0.4, -0.2) is 58.5 Å². The zero-order chi connectivity index (χ0) is 25.7. The number of methoxy groups -OCH3 is 1. The Bertz CT molecular complexity index is 1330. The molecular formula is C25H25Cl2N3O5S. The Morgan fingerprint density at radius 3 is 2.31 bits per heavy atom. The fourth-order valence-corrected chi connectivity index (χ4v) is 5.74. The van der Waals surface area contributed by atoms with E-state index < -0.39 is 15.9 Å². The Hall–Kier alpha value is -2.98. The fraction of sp³-hybridized carbons (Fsp3) is 0.240. The summed E-state index contributed by atoms with van der Waals surface area (Å²) in [4.78, 5) is 14.5. The van der Waals surface area contributed by atoms with E-state index in [2.05, 4.69) is 10.2 Å². The molecule has 11 heteroatoms. The molecule has 1 fully saturated rings. The molecule has 3 aromatic carbocycles. The van der Waals surface area contributed by atoms with Crippen molar-refractivity contribution in [1.29, 1.82) is 0 Å². The van der Waals surface area contributed by atoms with Crippen LogP contribution < -0.4 is 19.7 Å². The number of carbonyl (C=O) groups excluding carboxylic acids is 1. The van der Waals surface area contributed by atoms with E-state index in [4.69, 9.17) is 32.7 Å². The highest BCUT2D eigenvalue weighted by Gasteiger charge is 2.29. The summed E-state index contributed by atoms with van der Waals surface area (Å²) in [6, 6.07) is 18.4. The number of para-hydroxylation sites is 2. The molecule has 1 heterocycles. The van der Waals surface area contributed by atoms with Crippen molar-refractivity contribution < 1.29 is 22.7 Å². The number of sulfonamides is 1. The molecule has 0 atom stereocenters. The SMILES string of the molecule is COc1ccccc1N1CCN(S(=O)(=O)c2ccc(NC(=O)COc3ccc(Cl)cc3Cl)cc2)CC1. The maximum atomic E-state index is 13.2. The van der Waals surface area contributed by atoms with Crippen molar-refractivity contribution >= 4 is 50.5 Å². The average molecular weight is 550 g/mol. The van der Waals surface area contributed by atoms with Crippen LogP contribution in [0.5, 0.6) is 11.5 Å². The summed E-state index contributed by atoms with van der Waals surface area (Å²) in [5.74, 6) is 0.681. The summed E-state index contributed by atoms with van der Waals surface area (Å²) in [5, 5.41) is 3.44. The van der Waals surface area contributed by atoms with Crippen LogP contribution in [0, 0.1) is 0 Å². The molecule has 0 unspecified atom stereocenters. The summed E-state index contributed by atoms with van der Waals surface area (Å²) < 4.78 is 38.6. The standard InChI is InChI=1S/C25H25Cl2N3O5S/c1-34-24-5-3-2-4-22(24)29-12-14-30(15-13-29)36(32,33)20-9-7-19(8-10-20)28-25(31)17-35-23-11-6-18(26)16-21(23)27/h2-11,16H,12-15,17H2,1H3,(H,28,31). The van der Waals surface area contributed by atoms with Crippen LogP contribution in [0.1, 0.15) is 0 Å². The summed E-state index contributed by atoms with van der Waals surface area (Å²) in [6.45, 7) is 1.53. The van der Waals surface area contributed by atoms with Crippen LogP contribution in [0.2, 0.25) is 10.0 Å². The summed E-state index contributed by atoms with van der Waals surface area (Å²) in [7, 11) is -2.05. The molecule has 1 aliphatic heterocycles. The van der Waals surface area contributed by atoms with Crippen molar-refractivity contribution in [1.82, 2.24) is 4.31 Å². The largest absolute Gasteiger partial charge is 0.495 e. The lowest BCUT2D eigenvalue weighted by atomic mass is 10.2. The van der Waals surface area contributed by atoms with Crippen molar-refractivity contribution in [2.24, 2.45) is 0 Å². The molecule has 1 amide bonds. The topological polar surface area (TPSA) is 88.2 Å². The highest BCUT2D eigenvalue weighted by atomic mass is 35.5. The molecule has 36 heavy (non-hydrogen) atoms. The lowest BCUT2D eigenvalue weighted by molar-refractivity contribution is -0.118. The predicted octanol–water partition coefficient (Wildman–Crippen LogP) is 4.53. The van der Waals surface area contributed by atoms with Gasteiger partial charge in [0.05, 0.1) is 22.7 Å².